The normalized spacial score (nSPS) is 17.2. The van der Waals surface area contributed by atoms with Crippen LogP contribution in [0.2, 0.25) is 0 Å². The molecule has 0 atom stereocenters. The zero-order chi connectivity index (χ0) is 13.7. The highest BCUT2D eigenvalue weighted by Gasteiger charge is 2.16. The number of hydrogen-bond acceptors (Lipinski definition) is 7. The van der Waals surface area contributed by atoms with E-state index in [0.717, 1.165) is 19.6 Å². The van der Waals surface area contributed by atoms with E-state index in [9.17, 15) is 0 Å². The van der Waals surface area contributed by atoms with Crippen LogP contribution in [0.1, 0.15) is 12.8 Å². The van der Waals surface area contributed by atoms with Gasteiger partial charge in [0, 0.05) is 25.4 Å². The predicted molar refractivity (Wildman–Crippen MR) is 77.6 cm³/mol. The molecule has 1 aromatic heterocycles. The Balaban J connectivity index is 1.91. The maximum absolute atomic E-state index is 5.53. The third-order valence-corrected chi connectivity index (χ3v) is 3.50. The molecule has 0 saturated carbocycles. The quantitative estimate of drug-likeness (QED) is 0.702. The number of anilines is 3. The van der Waals surface area contributed by atoms with Crippen molar-refractivity contribution >= 4 is 29.6 Å². The molecular formula is C11H20ClN7. The first kappa shape index (κ1) is 14.1. The standard InChI is InChI=1S/C11H20ClN7/c1-13-9-15-10(17-11(16-9)18-12)14-7-8-3-5-19(2)6-4-8/h8H,3-7H2,1-2H3,(H3,13,14,15,16,17,18). The van der Waals surface area contributed by atoms with Gasteiger partial charge in [0.05, 0.1) is 0 Å². The van der Waals surface area contributed by atoms with Crippen LogP contribution in [0.5, 0.6) is 0 Å². The van der Waals surface area contributed by atoms with Gasteiger partial charge in [-0.1, -0.05) is 0 Å². The number of halogens is 1. The van der Waals surface area contributed by atoms with E-state index in [0.29, 0.717) is 23.8 Å². The molecule has 1 aliphatic rings. The van der Waals surface area contributed by atoms with Crippen LogP contribution in [-0.2, 0) is 0 Å². The average Bonchev–Trinajstić information content (AvgIpc) is 2.46. The monoisotopic (exact) mass is 285 g/mol. The number of aromatic nitrogens is 3. The Labute approximate surface area is 118 Å². The zero-order valence-electron chi connectivity index (χ0n) is 11.3. The molecule has 1 aliphatic heterocycles. The molecular weight excluding hydrogens is 266 g/mol. The van der Waals surface area contributed by atoms with E-state index in [-0.39, 0.29) is 0 Å². The lowest BCUT2D eigenvalue weighted by molar-refractivity contribution is 0.226. The van der Waals surface area contributed by atoms with Crippen LogP contribution in [-0.4, -0.2) is 53.6 Å². The van der Waals surface area contributed by atoms with E-state index in [2.05, 4.69) is 42.4 Å². The second-order valence-electron chi connectivity index (χ2n) is 4.78. The summed E-state index contributed by atoms with van der Waals surface area (Å²) in [7, 11) is 3.92. The second-order valence-corrected chi connectivity index (χ2v) is 4.97. The van der Waals surface area contributed by atoms with Crippen molar-refractivity contribution in [3.05, 3.63) is 0 Å². The third kappa shape index (κ3) is 4.07. The Morgan fingerprint density at radius 1 is 1.16 bits per heavy atom. The van der Waals surface area contributed by atoms with Crippen LogP contribution in [0.25, 0.3) is 0 Å². The van der Waals surface area contributed by atoms with Gasteiger partial charge in [0.1, 0.15) is 0 Å². The number of nitrogens with zero attached hydrogens (tertiary/aromatic N) is 4. The minimum atomic E-state index is 0.340. The molecule has 19 heavy (non-hydrogen) atoms. The minimum Gasteiger partial charge on any atom is -0.357 e. The fourth-order valence-corrected chi connectivity index (χ4v) is 2.20. The third-order valence-electron chi connectivity index (χ3n) is 3.33. The molecule has 8 heteroatoms. The van der Waals surface area contributed by atoms with Gasteiger partial charge in [0.2, 0.25) is 17.8 Å². The summed E-state index contributed by atoms with van der Waals surface area (Å²) in [4.78, 5) is 17.2. The summed E-state index contributed by atoms with van der Waals surface area (Å²) in [6, 6.07) is 0. The van der Waals surface area contributed by atoms with Crippen molar-refractivity contribution in [2.45, 2.75) is 12.8 Å². The molecule has 0 unspecified atom stereocenters. The van der Waals surface area contributed by atoms with Gasteiger partial charge in [0.15, 0.2) is 0 Å². The van der Waals surface area contributed by atoms with Crippen molar-refractivity contribution in [2.24, 2.45) is 5.92 Å². The van der Waals surface area contributed by atoms with Gasteiger partial charge in [-0.25, -0.2) is 0 Å². The Morgan fingerprint density at radius 3 is 2.42 bits per heavy atom. The molecule has 0 aliphatic carbocycles. The maximum Gasteiger partial charge on any atom is 0.244 e. The van der Waals surface area contributed by atoms with Gasteiger partial charge in [-0.15, -0.1) is 0 Å². The van der Waals surface area contributed by atoms with E-state index in [1.165, 1.54) is 12.8 Å². The molecule has 0 amide bonds. The number of nitrogens with one attached hydrogen (secondary N) is 3. The van der Waals surface area contributed by atoms with Gasteiger partial charge >= 0.3 is 0 Å². The van der Waals surface area contributed by atoms with Crippen LogP contribution in [0, 0.1) is 5.92 Å². The van der Waals surface area contributed by atoms with Crippen LogP contribution < -0.4 is 15.5 Å². The van der Waals surface area contributed by atoms with Crippen LogP contribution >= 0.6 is 11.8 Å². The molecule has 1 aromatic rings. The highest BCUT2D eigenvalue weighted by molar-refractivity contribution is 6.23. The first-order valence-electron chi connectivity index (χ1n) is 6.44. The molecule has 0 spiro atoms. The minimum absolute atomic E-state index is 0.340. The van der Waals surface area contributed by atoms with Gasteiger partial charge in [-0.2, -0.15) is 15.0 Å². The van der Waals surface area contributed by atoms with E-state index in [1.807, 2.05) is 0 Å². The Morgan fingerprint density at radius 2 is 1.79 bits per heavy atom. The molecule has 0 radical (unpaired) electrons. The SMILES string of the molecule is CNc1nc(NCl)nc(NCC2CCN(C)CC2)n1. The fraction of sp³-hybridized carbons (Fsp3) is 0.727. The van der Waals surface area contributed by atoms with Gasteiger partial charge in [-0.3, -0.25) is 4.84 Å². The Hall–Kier alpha value is -1.34. The molecule has 0 aromatic carbocycles. The molecule has 2 heterocycles. The van der Waals surface area contributed by atoms with E-state index in [1.54, 1.807) is 7.05 Å². The van der Waals surface area contributed by atoms with Gasteiger partial charge in [-0.05, 0) is 38.9 Å². The van der Waals surface area contributed by atoms with Crippen molar-refractivity contribution in [2.75, 3.05) is 49.2 Å². The van der Waals surface area contributed by atoms with Crippen molar-refractivity contribution in [3.63, 3.8) is 0 Å². The summed E-state index contributed by atoms with van der Waals surface area (Å²) in [5.41, 5.74) is 0. The molecule has 0 bridgehead atoms. The highest BCUT2D eigenvalue weighted by atomic mass is 35.5. The van der Waals surface area contributed by atoms with Crippen LogP contribution in [0.4, 0.5) is 17.8 Å². The zero-order valence-corrected chi connectivity index (χ0v) is 12.0. The first-order valence-corrected chi connectivity index (χ1v) is 6.82. The first-order chi connectivity index (χ1) is 9.21. The van der Waals surface area contributed by atoms with Crippen LogP contribution in [0.15, 0.2) is 0 Å². The molecule has 1 saturated heterocycles. The summed E-state index contributed by atoms with van der Waals surface area (Å²) in [5.74, 6) is 2.04. The molecule has 7 nitrogen and oxygen atoms in total. The number of hydrogen-bond donors (Lipinski definition) is 3. The van der Waals surface area contributed by atoms with Gasteiger partial charge < -0.3 is 15.5 Å². The smallest absolute Gasteiger partial charge is 0.244 e. The van der Waals surface area contributed by atoms with E-state index in [4.69, 9.17) is 11.8 Å². The number of piperidine rings is 1. The fourth-order valence-electron chi connectivity index (χ4n) is 2.11. The number of likely N-dealkylation sites (tertiary alicyclic amines) is 1. The van der Waals surface area contributed by atoms with Crippen LogP contribution in [0.3, 0.4) is 0 Å². The lowest BCUT2D eigenvalue weighted by Gasteiger charge is -2.28. The predicted octanol–water partition coefficient (Wildman–Crippen LogP) is 1.23. The molecule has 106 valence electrons. The largest absolute Gasteiger partial charge is 0.357 e. The van der Waals surface area contributed by atoms with Gasteiger partial charge in [0.25, 0.3) is 0 Å². The summed E-state index contributed by atoms with van der Waals surface area (Å²) >= 11 is 5.53. The molecule has 2 rings (SSSR count). The Bertz CT molecular complexity index is 384. The lowest BCUT2D eigenvalue weighted by Crippen LogP contribution is -2.33. The Kier molecular flexibility index (Phi) is 4.98. The maximum atomic E-state index is 5.53. The van der Waals surface area contributed by atoms with E-state index >= 15 is 0 Å². The topological polar surface area (TPSA) is 78.0 Å². The summed E-state index contributed by atoms with van der Waals surface area (Å²) in [6.45, 7) is 3.18. The van der Waals surface area contributed by atoms with Crippen molar-refractivity contribution in [1.82, 2.24) is 19.9 Å². The molecule has 1 fully saturated rings. The van der Waals surface area contributed by atoms with Crippen molar-refractivity contribution in [1.29, 1.82) is 0 Å². The number of rotatable bonds is 5. The lowest BCUT2D eigenvalue weighted by atomic mass is 9.97. The summed E-state index contributed by atoms with van der Waals surface area (Å²) in [5, 5.41) is 6.14. The average molecular weight is 286 g/mol. The summed E-state index contributed by atoms with van der Waals surface area (Å²) < 4.78 is 0. The van der Waals surface area contributed by atoms with Crippen molar-refractivity contribution < 1.29 is 0 Å². The summed E-state index contributed by atoms with van der Waals surface area (Å²) in [6.07, 6.45) is 2.40. The second kappa shape index (κ2) is 6.72. The highest BCUT2D eigenvalue weighted by Crippen LogP contribution is 2.17. The molecule has 3 N–H and O–H groups in total. The van der Waals surface area contributed by atoms with E-state index < -0.39 is 0 Å². The van der Waals surface area contributed by atoms with Crippen molar-refractivity contribution in [3.8, 4) is 0 Å².